The average Bonchev–Trinajstić information content (AvgIpc) is 2.93. The van der Waals surface area contributed by atoms with Crippen molar-refractivity contribution in [3.8, 4) is 5.75 Å². The number of carbonyl (C=O) groups is 3. The summed E-state index contributed by atoms with van der Waals surface area (Å²) < 4.78 is 5.70. The van der Waals surface area contributed by atoms with Crippen LogP contribution in [0.5, 0.6) is 5.75 Å². The van der Waals surface area contributed by atoms with E-state index in [0.29, 0.717) is 11.1 Å². The molecule has 0 saturated heterocycles. The fourth-order valence-corrected chi connectivity index (χ4v) is 2.64. The summed E-state index contributed by atoms with van der Waals surface area (Å²) in [5.41, 5.74) is 1.01. The summed E-state index contributed by atoms with van der Waals surface area (Å²) in [5.74, 6) is -2.01. The number of nitrogens with zero attached hydrogens (tertiary/aromatic N) is 1. The second-order valence-corrected chi connectivity index (χ2v) is 5.34. The molecule has 0 fully saturated rings. The quantitative estimate of drug-likeness (QED) is 0.462. The molecule has 0 bridgehead atoms. The molecular formula is C18H14N2O6. The van der Waals surface area contributed by atoms with Crippen LogP contribution in [-0.4, -0.2) is 35.7 Å². The van der Waals surface area contributed by atoms with Gasteiger partial charge in [-0.3, -0.25) is 14.9 Å². The van der Waals surface area contributed by atoms with E-state index in [1.807, 2.05) is 0 Å². The molecule has 26 heavy (non-hydrogen) atoms. The minimum Gasteiger partial charge on any atom is -0.488 e. The fraction of sp³-hybridized carbons (Fsp3) is 0.111. The number of benzene rings is 2. The predicted octanol–water partition coefficient (Wildman–Crippen LogP) is 1.58. The number of imide groups is 1. The highest BCUT2D eigenvalue weighted by molar-refractivity contribution is 6.42. The smallest absolute Gasteiger partial charge is 0.358 e. The Kier molecular flexibility index (Phi) is 4.66. The van der Waals surface area contributed by atoms with E-state index in [-0.39, 0.29) is 29.2 Å². The van der Waals surface area contributed by atoms with E-state index in [9.17, 15) is 19.5 Å². The maximum absolute atomic E-state index is 11.9. The van der Waals surface area contributed by atoms with Crippen molar-refractivity contribution in [2.45, 2.75) is 6.61 Å². The third-order valence-electron chi connectivity index (χ3n) is 3.77. The summed E-state index contributed by atoms with van der Waals surface area (Å²) in [7, 11) is 1.25. The molecule has 1 aliphatic heterocycles. The lowest BCUT2D eigenvalue weighted by Crippen LogP contribution is -2.20. The Hall–Kier alpha value is -3.68. The molecule has 2 amide bonds. The monoisotopic (exact) mass is 354 g/mol. The molecule has 0 spiro atoms. The highest BCUT2D eigenvalue weighted by Gasteiger charge is 2.30. The van der Waals surface area contributed by atoms with Crippen molar-refractivity contribution in [3.05, 3.63) is 64.7 Å². The van der Waals surface area contributed by atoms with Crippen molar-refractivity contribution in [1.82, 2.24) is 5.32 Å². The second-order valence-electron chi connectivity index (χ2n) is 5.34. The van der Waals surface area contributed by atoms with Crippen LogP contribution < -0.4 is 10.1 Å². The van der Waals surface area contributed by atoms with E-state index in [0.717, 1.165) is 0 Å². The Labute approximate surface area is 148 Å². The van der Waals surface area contributed by atoms with E-state index in [1.54, 1.807) is 36.4 Å². The number of oxime groups is 1. The highest BCUT2D eigenvalue weighted by Crippen LogP contribution is 2.27. The SMILES string of the molecule is CO/N=C(/C(=O)O)c1ccccc1COc1cccc2c1C(=O)NC2=O. The minimum atomic E-state index is -1.25. The van der Waals surface area contributed by atoms with Gasteiger partial charge in [-0.1, -0.05) is 35.5 Å². The van der Waals surface area contributed by atoms with Gasteiger partial charge < -0.3 is 14.7 Å². The Bertz CT molecular complexity index is 935. The van der Waals surface area contributed by atoms with Crippen LogP contribution in [-0.2, 0) is 16.2 Å². The Balaban J connectivity index is 1.91. The van der Waals surface area contributed by atoms with Gasteiger partial charge in [-0.25, -0.2) is 4.79 Å². The molecule has 8 nitrogen and oxygen atoms in total. The molecule has 132 valence electrons. The topological polar surface area (TPSA) is 114 Å². The first kappa shape index (κ1) is 17.2. The minimum absolute atomic E-state index is 0.0237. The second kappa shape index (κ2) is 7.06. The summed E-state index contributed by atoms with van der Waals surface area (Å²) in [5, 5.41) is 15.1. The van der Waals surface area contributed by atoms with Crippen molar-refractivity contribution >= 4 is 23.5 Å². The largest absolute Gasteiger partial charge is 0.488 e. The zero-order valence-corrected chi connectivity index (χ0v) is 13.7. The standard InChI is InChI=1S/C18H14N2O6/c1-25-20-15(18(23)24)11-6-3-2-5-10(11)9-26-13-8-4-7-12-14(13)17(22)19-16(12)21/h2-8H,9H2,1H3,(H,23,24)(H,19,21,22)/b20-15+. The van der Waals surface area contributed by atoms with E-state index < -0.39 is 17.8 Å². The van der Waals surface area contributed by atoms with Crippen LogP contribution in [0, 0.1) is 0 Å². The number of carbonyl (C=O) groups excluding carboxylic acids is 2. The Morgan fingerprint density at radius 3 is 2.62 bits per heavy atom. The number of carboxylic acid groups (broad SMARTS) is 1. The van der Waals surface area contributed by atoms with Gasteiger partial charge in [0.2, 0.25) is 0 Å². The molecule has 0 saturated carbocycles. The number of aliphatic carboxylic acids is 1. The van der Waals surface area contributed by atoms with Gasteiger partial charge >= 0.3 is 5.97 Å². The van der Waals surface area contributed by atoms with Gasteiger partial charge in [0.15, 0.2) is 5.71 Å². The first-order valence-electron chi connectivity index (χ1n) is 7.57. The summed E-state index contributed by atoms with van der Waals surface area (Å²) in [6.45, 7) is -0.0237. The van der Waals surface area contributed by atoms with Crippen LogP contribution in [0.25, 0.3) is 0 Å². The van der Waals surface area contributed by atoms with Crippen LogP contribution in [0.3, 0.4) is 0 Å². The molecule has 0 unspecified atom stereocenters. The molecule has 2 aromatic carbocycles. The Morgan fingerprint density at radius 2 is 1.88 bits per heavy atom. The van der Waals surface area contributed by atoms with Gasteiger partial charge in [-0.2, -0.15) is 0 Å². The number of rotatable bonds is 6. The van der Waals surface area contributed by atoms with Crippen LogP contribution in [0.2, 0.25) is 0 Å². The van der Waals surface area contributed by atoms with Gasteiger partial charge in [0.25, 0.3) is 11.8 Å². The molecule has 0 aliphatic carbocycles. The van der Waals surface area contributed by atoms with Gasteiger partial charge in [-0.15, -0.1) is 0 Å². The summed E-state index contributed by atoms with van der Waals surface area (Å²) in [6.07, 6.45) is 0. The number of nitrogens with one attached hydrogen (secondary N) is 1. The predicted molar refractivity (Wildman–Crippen MR) is 90.2 cm³/mol. The number of hydrogen-bond acceptors (Lipinski definition) is 6. The zero-order chi connectivity index (χ0) is 18.7. The third kappa shape index (κ3) is 3.12. The average molecular weight is 354 g/mol. The first-order chi connectivity index (χ1) is 12.5. The molecule has 2 N–H and O–H groups in total. The molecule has 0 radical (unpaired) electrons. The summed E-state index contributed by atoms with van der Waals surface area (Å²) in [4.78, 5) is 39.6. The van der Waals surface area contributed by atoms with Crippen molar-refractivity contribution in [1.29, 1.82) is 0 Å². The van der Waals surface area contributed by atoms with Gasteiger partial charge in [0.1, 0.15) is 19.5 Å². The zero-order valence-electron chi connectivity index (χ0n) is 13.7. The van der Waals surface area contributed by atoms with Crippen LogP contribution in [0.15, 0.2) is 47.6 Å². The van der Waals surface area contributed by atoms with Crippen LogP contribution in [0.4, 0.5) is 0 Å². The lowest BCUT2D eigenvalue weighted by atomic mass is 10.0. The summed E-state index contributed by atoms with van der Waals surface area (Å²) >= 11 is 0. The van der Waals surface area contributed by atoms with Crippen molar-refractivity contribution in [2.75, 3.05) is 7.11 Å². The van der Waals surface area contributed by atoms with Gasteiger partial charge in [0.05, 0.1) is 11.1 Å². The molecule has 3 rings (SSSR count). The molecular weight excluding hydrogens is 340 g/mol. The highest BCUT2D eigenvalue weighted by atomic mass is 16.6. The summed E-state index contributed by atoms with van der Waals surface area (Å²) in [6, 6.07) is 11.4. The molecule has 0 atom stereocenters. The molecule has 8 heteroatoms. The van der Waals surface area contributed by atoms with E-state index in [2.05, 4.69) is 15.3 Å². The molecule has 0 aromatic heterocycles. The first-order valence-corrected chi connectivity index (χ1v) is 7.57. The number of carboxylic acids is 1. The van der Waals surface area contributed by atoms with Crippen LogP contribution in [0.1, 0.15) is 31.8 Å². The normalized spacial score (nSPS) is 13.2. The lowest BCUT2D eigenvalue weighted by Gasteiger charge is -2.12. The number of amides is 2. The van der Waals surface area contributed by atoms with Crippen molar-refractivity contribution in [3.63, 3.8) is 0 Å². The molecule has 1 heterocycles. The lowest BCUT2D eigenvalue weighted by molar-refractivity contribution is -0.129. The van der Waals surface area contributed by atoms with Gasteiger partial charge in [-0.05, 0) is 17.7 Å². The van der Waals surface area contributed by atoms with E-state index in [4.69, 9.17) is 4.74 Å². The Morgan fingerprint density at radius 1 is 1.12 bits per heavy atom. The molecule has 2 aromatic rings. The van der Waals surface area contributed by atoms with E-state index >= 15 is 0 Å². The fourth-order valence-electron chi connectivity index (χ4n) is 2.64. The van der Waals surface area contributed by atoms with Gasteiger partial charge in [0, 0.05) is 5.56 Å². The van der Waals surface area contributed by atoms with E-state index in [1.165, 1.54) is 13.2 Å². The van der Waals surface area contributed by atoms with Crippen molar-refractivity contribution in [2.24, 2.45) is 5.16 Å². The maximum Gasteiger partial charge on any atom is 0.358 e. The maximum atomic E-state index is 11.9. The van der Waals surface area contributed by atoms with Crippen molar-refractivity contribution < 1.29 is 29.1 Å². The number of hydrogen-bond donors (Lipinski definition) is 2. The van der Waals surface area contributed by atoms with Crippen LogP contribution >= 0.6 is 0 Å². The third-order valence-corrected chi connectivity index (χ3v) is 3.77. The number of fused-ring (bicyclic) bond motifs is 1. The molecule has 1 aliphatic rings. The number of ether oxygens (including phenoxy) is 1.